The van der Waals surface area contributed by atoms with E-state index in [1.54, 1.807) is 33.5 Å². The first kappa shape index (κ1) is 24.2. The van der Waals surface area contributed by atoms with Crippen molar-refractivity contribution in [1.82, 2.24) is 24.5 Å². The number of aromatic nitrogens is 5. The smallest absolute Gasteiger partial charge is 0.236 e. The monoisotopic (exact) mass is 492 g/mol. The summed E-state index contributed by atoms with van der Waals surface area (Å²) in [7, 11) is 0. The van der Waals surface area contributed by atoms with Crippen LogP contribution in [0.3, 0.4) is 0 Å². The van der Waals surface area contributed by atoms with E-state index in [1.807, 2.05) is 44.2 Å². The van der Waals surface area contributed by atoms with E-state index in [4.69, 9.17) is 4.74 Å². The highest BCUT2D eigenvalue weighted by Crippen LogP contribution is 2.22. The molecule has 8 nitrogen and oxygen atoms in total. The van der Waals surface area contributed by atoms with Crippen LogP contribution in [0.4, 0.5) is 10.2 Å². The van der Waals surface area contributed by atoms with E-state index < -0.39 is 5.82 Å². The minimum absolute atomic E-state index is 0.0313. The zero-order chi connectivity index (χ0) is 24.8. The summed E-state index contributed by atoms with van der Waals surface area (Å²) in [6, 6.07) is 15.9. The molecule has 0 atom stereocenters. The topological polar surface area (TPSA) is 86.9 Å². The number of nitrogens with one attached hydrogen (secondary N) is 1. The highest BCUT2D eigenvalue weighted by Gasteiger charge is 2.16. The van der Waals surface area contributed by atoms with Gasteiger partial charge in [-0.05, 0) is 38.1 Å². The van der Waals surface area contributed by atoms with Crippen molar-refractivity contribution in [3.8, 4) is 11.4 Å². The molecular weight excluding hydrogens is 467 g/mol. The van der Waals surface area contributed by atoms with Crippen LogP contribution in [0.15, 0.2) is 72.4 Å². The predicted molar refractivity (Wildman–Crippen MR) is 133 cm³/mol. The Morgan fingerprint density at radius 2 is 1.94 bits per heavy atom. The summed E-state index contributed by atoms with van der Waals surface area (Å²) in [5.74, 6) is 0.679. The first-order valence-electron chi connectivity index (χ1n) is 10.9. The molecule has 0 saturated heterocycles. The van der Waals surface area contributed by atoms with Gasteiger partial charge in [-0.3, -0.25) is 9.36 Å². The maximum atomic E-state index is 13.9. The van der Waals surface area contributed by atoms with Crippen LogP contribution in [0, 0.1) is 19.7 Å². The Bertz CT molecular complexity index is 1330. The molecule has 2 aromatic carbocycles. The normalized spacial score (nSPS) is 10.8. The average molecular weight is 493 g/mol. The zero-order valence-electron chi connectivity index (χ0n) is 19.4. The molecule has 0 radical (unpaired) electrons. The average Bonchev–Trinajstić information content (AvgIpc) is 3.40. The minimum Gasteiger partial charge on any atom is -0.483 e. The Balaban J connectivity index is 1.41. The maximum absolute atomic E-state index is 13.9. The number of hydrogen-bond acceptors (Lipinski definition) is 6. The number of amides is 1. The number of aryl methyl sites for hydroxylation is 2. The van der Waals surface area contributed by atoms with Gasteiger partial charge in [0, 0.05) is 12.6 Å². The molecule has 180 valence electrons. The van der Waals surface area contributed by atoms with Gasteiger partial charge in [-0.15, -0.1) is 16.8 Å². The minimum atomic E-state index is -0.450. The largest absolute Gasteiger partial charge is 0.483 e. The Labute approximate surface area is 206 Å². The molecule has 0 aliphatic carbocycles. The molecule has 1 amide bonds. The number of allylic oxidation sites excluding steroid dienone is 1. The molecule has 10 heteroatoms. The van der Waals surface area contributed by atoms with E-state index in [-0.39, 0.29) is 24.0 Å². The molecule has 0 spiro atoms. The lowest BCUT2D eigenvalue weighted by molar-refractivity contribution is -0.113. The van der Waals surface area contributed by atoms with Gasteiger partial charge in [0.1, 0.15) is 12.4 Å². The van der Waals surface area contributed by atoms with Crippen LogP contribution in [-0.2, 0) is 17.9 Å². The zero-order valence-corrected chi connectivity index (χ0v) is 20.3. The summed E-state index contributed by atoms with van der Waals surface area (Å²) in [6.07, 6.45) is 1.70. The second kappa shape index (κ2) is 11.0. The molecule has 0 unspecified atom stereocenters. The number of carbonyl (C=O) groups is 1. The van der Waals surface area contributed by atoms with Gasteiger partial charge in [0.15, 0.2) is 22.5 Å². The molecule has 1 N–H and O–H groups in total. The number of thioether (sulfide) groups is 1. The lowest BCUT2D eigenvalue weighted by Crippen LogP contribution is -2.17. The van der Waals surface area contributed by atoms with Crippen molar-refractivity contribution in [3.63, 3.8) is 0 Å². The van der Waals surface area contributed by atoms with E-state index in [0.29, 0.717) is 23.3 Å². The van der Waals surface area contributed by atoms with Crippen molar-refractivity contribution < 1.29 is 13.9 Å². The predicted octanol–water partition coefficient (Wildman–Crippen LogP) is 4.72. The van der Waals surface area contributed by atoms with Gasteiger partial charge in [-0.1, -0.05) is 47.7 Å². The van der Waals surface area contributed by atoms with Crippen LogP contribution >= 0.6 is 11.8 Å². The Kier molecular flexibility index (Phi) is 7.61. The van der Waals surface area contributed by atoms with Gasteiger partial charge < -0.3 is 10.1 Å². The lowest BCUT2D eigenvalue weighted by atomic mass is 10.2. The van der Waals surface area contributed by atoms with E-state index >= 15 is 0 Å². The van der Waals surface area contributed by atoms with Gasteiger partial charge in [0.05, 0.1) is 17.1 Å². The number of anilines is 1. The number of halogens is 1. The van der Waals surface area contributed by atoms with E-state index in [1.165, 1.54) is 17.8 Å². The van der Waals surface area contributed by atoms with Gasteiger partial charge in [-0.2, -0.15) is 5.10 Å². The Morgan fingerprint density at radius 1 is 1.17 bits per heavy atom. The summed E-state index contributed by atoms with van der Waals surface area (Å²) < 4.78 is 22.9. The van der Waals surface area contributed by atoms with Crippen LogP contribution in [0.2, 0.25) is 0 Å². The molecule has 4 rings (SSSR count). The second-order valence-electron chi connectivity index (χ2n) is 7.77. The molecule has 0 bridgehead atoms. The quantitative estimate of drug-likeness (QED) is 0.255. The van der Waals surface area contributed by atoms with Gasteiger partial charge >= 0.3 is 0 Å². The van der Waals surface area contributed by atoms with Crippen molar-refractivity contribution in [3.05, 3.63) is 90.2 Å². The maximum Gasteiger partial charge on any atom is 0.236 e. The van der Waals surface area contributed by atoms with Crippen LogP contribution in [0.1, 0.15) is 17.1 Å². The molecule has 0 aliphatic heterocycles. The van der Waals surface area contributed by atoms with Gasteiger partial charge in [0.25, 0.3) is 0 Å². The molecule has 2 heterocycles. The number of rotatable bonds is 10. The number of carbonyl (C=O) groups excluding carboxylic acids is 1. The summed E-state index contributed by atoms with van der Waals surface area (Å²) in [5, 5.41) is 16.3. The third kappa shape index (κ3) is 5.96. The van der Waals surface area contributed by atoms with Crippen molar-refractivity contribution in [2.75, 3.05) is 11.1 Å². The fourth-order valence-corrected chi connectivity index (χ4v) is 4.10. The Hall–Kier alpha value is -3.92. The molecule has 35 heavy (non-hydrogen) atoms. The number of hydrogen-bond donors (Lipinski definition) is 1. The third-order valence-electron chi connectivity index (χ3n) is 5.01. The lowest BCUT2D eigenvalue weighted by Gasteiger charge is -2.10. The molecular formula is C25H25FN6O2S. The molecule has 2 aromatic heterocycles. The van der Waals surface area contributed by atoms with Crippen molar-refractivity contribution in [2.24, 2.45) is 0 Å². The number of benzene rings is 2. The van der Waals surface area contributed by atoms with Crippen molar-refractivity contribution >= 4 is 23.5 Å². The molecule has 4 aromatic rings. The Morgan fingerprint density at radius 3 is 2.69 bits per heavy atom. The molecule has 0 fully saturated rings. The fraction of sp³-hybridized carbons (Fsp3) is 0.200. The first-order chi connectivity index (χ1) is 16.9. The highest BCUT2D eigenvalue weighted by atomic mass is 32.2. The molecule has 0 saturated carbocycles. The summed E-state index contributed by atoms with van der Waals surface area (Å²) in [5.41, 5.74) is 2.79. The number of ether oxygens (including phenoxy) is 1. The second-order valence-corrected chi connectivity index (χ2v) is 8.71. The van der Waals surface area contributed by atoms with Gasteiger partial charge in [-0.25, -0.2) is 9.07 Å². The van der Waals surface area contributed by atoms with E-state index in [2.05, 4.69) is 27.2 Å². The fourth-order valence-electron chi connectivity index (χ4n) is 3.33. The first-order valence-corrected chi connectivity index (χ1v) is 11.9. The van der Waals surface area contributed by atoms with Gasteiger partial charge in [0.2, 0.25) is 5.91 Å². The highest BCUT2D eigenvalue weighted by molar-refractivity contribution is 7.99. The van der Waals surface area contributed by atoms with Crippen molar-refractivity contribution in [1.29, 1.82) is 0 Å². The van der Waals surface area contributed by atoms with Crippen LogP contribution in [0.25, 0.3) is 5.69 Å². The summed E-state index contributed by atoms with van der Waals surface area (Å²) >= 11 is 1.24. The van der Waals surface area contributed by atoms with E-state index in [9.17, 15) is 9.18 Å². The SMILES string of the molecule is C=CCn1c(COc2ccccc2F)nnc1SCC(=O)Nc1cc(C)nn1-c1ccc(C)cc1. The number of nitrogens with zero attached hydrogens (tertiary/aromatic N) is 5. The van der Waals surface area contributed by atoms with Crippen LogP contribution in [0.5, 0.6) is 5.75 Å². The third-order valence-corrected chi connectivity index (χ3v) is 5.98. The van der Waals surface area contributed by atoms with Crippen LogP contribution in [-0.4, -0.2) is 36.2 Å². The molecule has 0 aliphatic rings. The van der Waals surface area contributed by atoms with Crippen molar-refractivity contribution in [2.45, 2.75) is 32.2 Å². The number of para-hydroxylation sites is 1. The summed E-state index contributed by atoms with van der Waals surface area (Å²) in [6.45, 7) is 8.11. The van der Waals surface area contributed by atoms with E-state index in [0.717, 1.165) is 16.9 Å². The standard InChI is InChI=1S/C25H25FN6O2S/c1-4-13-31-23(15-34-21-8-6-5-7-20(21)26)28-29-25(31)35-16-24(33)27-22-14-18(3)30-32(22)19-11-9-17(2)10-12-19/h4-12,14H,1,13,15-16H2,2-3H3,(H,27,33). The summed E-state index contributed by atoms with van der Waals surface area (Å²) in [4.78, 5) is 12.7. The van der Waals surface area contributed by atoms with Crippen LogP contribution < -0.4 is 10.1 Å².